The fraction of sp³-hybridized carbons (Fsp3) is 0.923. The molecule has 0 saturated heterocycles. The molecular formula is C13H28N2S. The molecule has 16 heavy (non-hydrogen) atoms. The molecule has 2 N–H and O–H groups in total. The molecule has 0 amide bonds. The molecule has 0 heterocycles. The Bertz CT molecular complexity index is 196. The summed E-state index contributed by atoms with van der Waals surface area (Å²) in [5.74, 6) is 0. The first-order valence-electron chi connectivity index (χ1n) is 6.46. The maximum Gasteiger partial charge on any atom is 0.0784 e. The van der Waals surface area contributed by atoms with Crippen LogP contribution in [0.5, 0.6) is 0 Å². The van der Waals surface area contributed by atoms with Crippen LogP contribution in [0.1, 0.15) is 53.4 Å². The lowest BCUT2D eigenvalue weighted by atomic mass is 9.88. The number of thiocarbonyl (C=S) groups is 1. The van der Waals surface area contributed by atoms with Crippen molar-refractivity contribution in [2.24, 2.45) is 11.1 Å². The number of nitrogens with two attached hydrogens (primary N) is 1. The SMILES string of the molecule is CCCN(CCC)CCCC(C)(C)C(N)=S. The summed E-state index contributed by atoms with van der Waals surface area (Å²) in [5.41, 5.74) is 5.74. The highest BCUT2D eigenvalue weighted by molar-refractivity contribution is 7.80. The van der Waals surface area contributed by atoms with Gasteiger partial charge in [0.1, 0.15) is 0 Å². The van der Waals surface area contributed by atoms with Crippen LogP contribution in [0.15, 0.2) is 0 Å². The van der Waals surface area contributed by atoms with Gasteiger partial charge in [-0.2, -0.15) is 0 Å². The van der Waals surface area contributed by atoms with Gasteiger partial charge >= 0.3 is 0 Å². The van der Waals surface area contributed by atoms with Gasteiger partial charge in [0.2, 0.25) is 0 Å². The Morgan fingerprint density at radius 2 is 1.62 bits per heavy atom. The summed E-state index contributed by atoms with van der Waals surface area (Å²) < 4.78 is 0. The molecule has 0 bridgehead atoms. The van der Waals surface area contributed by atoms with Gasteiger partial charge < -0.3 is 10.6 Å². The van der Waals surface area contributed by atoms with E-state index >= 15 is 0 Å². The standard InChI is InChI=1S/C13H28N2S/c1-5-9-15(10-6-2)11-7-8-13(3,4)12(14)16/h5-11H2,1-4H3,(H2,14,16). The largest absolute Gasteiger partial charge is 0.393 e. The first-order chi connectivity index (χ1) is 7.44. The minimum atomic E-state index is 0.0133. The number of rotatable bonds is 9. The maximum absolute atomic E-state index is 5.72. The van der Waals surface area contributed by atoms with E-state index in [4.69, 9.17) is 18.0 Å². The molecule has 0 aromatic heterocycles. The summed E-state index contributed by atoms with van der Waals surface area (Å²) in [4.78, 5) is 3.18. The third-order valence-electron chi connectivity index (χ3n) is 3.02. The summed E-state index contributed by atoms with van der Waals surface area (Å²) in [6, 6.07) is 0. The fourth-order valence-corrected chi connectivity index (χ4v) is 1.94. The van der Waals surface area contributed by atoms with E-state index in [0.717, 1.165) is 6.42 Å². The van der Waals surface area contributed by atoms with E-state index in [1.165, 1.54) is 38.9 Å². The quantitative estimate of drug-likeness (QED) is 0.632. The normalized spacial score (nSPS) is 12.1. The van der Waals surface area contributed by atoms with E-state index in [1.807, 2.05) is 0 Å². The van der Waals surface area contributed by atoms with Crippen molar-refractivity contribution in [2.75, 3.05) is 19.6 Å². The highest BCUT2D eigenvalue weighted by Gasteiger charge is 2.20. The number of hydrogen-bond donors (Lipinski definition) is 1. The second-order valence-electron chi connectivity index (χ2n) is 5.19. The van der Waals surface area contributed by atoms with Crippen molar-refractivity contribution >= 4 is 17.2 Å². The predicted octanol–water partition coefficient (Wildman–Crippen LogP) is 3.20. The Labute approximate surface area is 107 Å². The van der Waals surface area contributed by atoms with Crippen molar-refractivity contribution in [3.05, 3.63) is 0 Å². The third kappa shape index (κ3) is 6.44. The van der Waals surface area contributed by atoms with Crippen molar-refractivity contribution in [1.82, 2.24) is 4.90 Å². The Morgan fingerprint density at radius 3 is 2.00 bits per heavy atom. The second-order valence-corrected chi connectivity index (χ2v) is 5.63. The zero-order chi connectivity index (χ0) is 12.6. The van der Waals surface area contributed by atoms with Crippen LogP contribution in [0.3, 0.4) is 0 Å². The molecule has 0 aliphatic heterocycles. The molecule has 0 rings (SSSR count). The summed E-state index contributed by atoms with van der Waals surface area (Å²) in [5, 5.41) is 0. The van der Waals surface area contributed by atoms with Crippen LogP contribution in [0, 0.1) is 5.41 Å². The van der Waals surface area contributed by atoms with E-state index in [1.54, 1.807) is 0 Å². The smallest absolute Gasteiger partial charge is 0.0784 e. The molecule has 0 aliphatic carbocycles. The number of hydrogen-bond acceptors (Lipinski definition) is 2. The number of nitrogens with zero attached hydrogens (tertiary/aromatic N) is 1. The lowest BCUT2D eigenvalue weighted by molar-refractivity contribution is 0.258. The lowest BCUT2D eigenvalue weighted by Gasteiger charge is -2.26. The van der Waals surface area contributed by atoms with Crippen LogP contribution in [0.2, 0.25) is 0 Å². The maximum atomic E-state index is 5.72. The molecule has 0 unspecified atom stereocenters. The molecule has 0 atom stereocenters. The van der Waals surface area contributed by atoms with Crippen LogP contribution in [0.4, 0.5) is 0 Å². The van der Waals surface area contributed by atoms with Gasteiger partial charge in [-0.15, -0.1) is 0 Å². The minimum Gasteiger partial charge on any atom is -0.393 e. The highest BCUT2D eigenvalue weighted by atomic mass is 32.1. The van der Waals surface area contributed by atoms with Crippen molar-refractivity contribution in [1.29, 1.82) is 0 Å². The van der Waals surface area contributed by atoms with Crippen LogP contribution in [-0.4, -0.2) is 29.5 Å². The first-order valence-corrected chi connectivity index (χ1v) is 6.87. The molecule has 0 aromatic rings. The van der Waals surface area contributed by atoms with Gasteiger partial charge in [-0.25, -0.2) is 0 Å². The summed E-state index contributed by atoms with van der Waals surface area (Å²) >= 11 is 5.08. The Kier molecular flexibility index (Phi) is 7.94. The zero-order valence-electron chi connectivity index (χ0n) is 11.4. The molecule has 3 heteroatoms. The monoisotopic (exact) mass is 244 g/mol. The second kappa shape index (κ2) is 8.02. The molecular weight excluding hydrogens is 216 g/mol. The molecule has 0 aliphatic rings. The topological polar surface area (TPSA) is 29.3 Å². The molecule has 0 fully saturated rings. The van der Waals surface area contributed by atoms with Gasteiger partial charge in [-0.1, -0.05) is 39.9 Å². The average molecular weight is 244 g/mol. The van der Waals surface area contributed by atoms with E-state index in [2.05, 4.69) is 32.6 Å². The average Bonchev–Trinajstić information content (AvgIpc) is 2.17. The summed E-state index contributed by atoms with van der Waals surface area (Å²) in [6.07, 6.45) is 4.74. The molecule has 0 saturated carbocycles. The lowest BCUT2D eigenvalue weighted by Crippen LogP contribution is -2.32. The van der Waals surface area contributed by atoms with Crippen molar-refractivity contribution in [3.63, 3.8) is 0 Å². The van der Waals surface area contributed by atoms with E-state index in [0.29, 0.717) is 4.99 Å². The Morgan fingerprint density at radius 1 is 1.12 bits per heavy atom. The van der Waals surface area contributed by atoms with Crippen LogP contribution < -0.4 is 5.73 Å². The van der Waals surface area contributed by atoms with Gasteiger partial charge in [0, 0.05) is 5.41 Å². The van der Waals surface area contributed by atoms with Crippen molar-refractivity contribution < 1.29 is 0 Å². The van der Waals surface area contributed by atoms with Crippen molar-refractivity contribution in [3.8, 4) is 0 Å². The van der Waals surface area contributed by atoms with Crippen LogP contribution in [0.25, 0.3) is 0 Å². The summed E-state index contributed by atoms with van der Waals surface area (Å²) in [6.45, 7) is 12.3. The van der Waals surface area contributed by atoms with E-state index in [-0.39, 0.29) is 5.41 Å². The molecule has 2 nitrogen and oxygen atoms in total. The Balaban J connectivity index is 3.88. The Hall–Kier alpha value is -0.150. The predicted molar refractivity (Wildman–Crippen MR) is 76.8 cm³/mol. The van der Waals surface area contributed by atoms with Gasteiger partial charge in [0.15, 0.2) is 0 Å². The fourth-order valence-electron chi connectivity index (χ4n) is 1.84. The van der Waals surface area contributed by atoms with Gasteiger partial charge in [-0.3, -0.25) is 0 Å². The minimum absolute atomic E-state index is 0.0133. The van der Waals surface area contributed by atoms with Gasteiger partial charge in [0.05, 0.1) is 4.99 Å². The van der Waals surface area contributed by atoms with Crippen LogP contribution >= 0.6 is 12.2 Å². The molecule has 0 aromatic carbocycles. The third-order valence-corrected chi connectivity index (χ3v) is 3.58. The van der Waals surface area contributed by atoms with Gasteiger partial charge in [0.25, 0.3) is 0 Å². The van der Waals surface area contributed by atoms with E-state index < -0.39 is 0 Å². The van der Waals surface area contributed by atoms with E-state index in [9.17, 15) is 0 Å². The van der Waals surface area contributed by atoms with Crippen molar-refractivity contribution in [2.45, 2.75) is 53.4 Å². The van der Waals surface area contributed by atoms with Gasteiger partial charge in [-0.05, 0) is 45.3 Å². The van der Waals surface area contributed by atoms with Crippen LogP contribution in [-0.2, 0) is 0 Å². The molecule has 0 radical (unpaired) electrons. The first kappa shape index (κ1) is 15.9. The molecule has 96 valence electrons. The highest BCUT2D eigenvalue weighted by Crippen LogP contribution is 2.22. The molecule has 0 spiro atoms. The zero-order valence-corrected chi connectivity index (χ0v) is 12.2. The summed E-state index contributed by atoms with van der Waals surface area (Å²) in [7, 11) is 0.